The van der Waals surface area contributed by atoms with Crippen molar-refractivity contribution >= 4 is 12.1 Å². The molecule has 1 aliphatic carbocycles. The van der Waals surface area contributed by atoms with Gasteiger partial charge in [-0.1, -0.05) is 12.2 Å². The van der Waals surface area contributed by atoms with E-state index in [9.17, 15) is 9.59 Å². The molecule has 1 amide bonds. The molecule has 0 saturated heterocycles. The zero-order valence-corrected chi connectivity index (χ0v) is 17.1. The van der Waals surface area contributed by atoms with Crippen LogP contribution in [0.15, 0.2) is 12.2 Å². The van der Waals surface area contributed by atoms with Crippen LogP contribution in [-0.4, -0.2) is 82.7 Å². The van der Waals surface area contributed by atoms with E-state index in [1.165, 1.54) is 0 Å². The van der Waals surface area contributed by atoms with Gasteiger partial charge in [0.15, 0.2) is 0 Å². The molecule has 0 bridgehead atoms. The van der Waals surface area contributed by atoms with E-state index in [-0.39, 0.29) is 25.2 Å². The third-order valence-corrected chi connectivity index (χ3v) is 4.08. The lowest BCUT2D eigenvalue weighted by molar-refractivity contribution is -0.138. The second-order valence-electron chi connectivity index (χ2n) is 6.53. The van der Waals surface area contributed by atoms with Gasteiger partial charge in [-0.3, -0.25) is 4.79 Å². The Morgan fingerprint density at radius 2 is 1.41 bits per heavy atom. The SMILES string of the molecule is O=C(O)CCOCCOCCOCCOCCNC(=O)OC1CC/C=C/CCC1. The van der Waals surface area contributed by atoms with Crippen LogP contribution in [0.5, 0.6) is 0 Å². The molecule has 1 rings (SSSR count). The van der Waals surface area contributed by atoms with Crippen molar-refractivity contribution in [2.45, 2.75) is 44.6 Å². The Balaban J connectivity index is 1.80. The van der Waals surface area contributed by atoms with Crippen molar-refractivity contribution < 1.29 is 38.4 Å². The third-order valence-electron chi connectivity index (χ3n) is 4.08. The summed E-state index contributed by atoms with van der Waals surface area (Å²) in [5, 5.41) is 11.1. The number of aliphatic carboxylic acids is 1. The van der Waals surface area contributed by atoms with Crippen LogP contribution < -0.4 is 5.32 Å². The van der Waals surface area contributed by atoms with Crippen molar-refractivity contribution in [3.05, 3.63) is 12.2 Å². The molecule has 9 nitrogen and oxygen atoms in total. The van der Waals surface area contributed by atoms with Gasteiger partial charge in [0.2, 0.25) is 0 Å². The number of carboxylic acids is 1. The van der Waals surface area contributed by atoms with Crippen molar-refractivity contribution in [2.24, 2.45) is 0 Å². The van der Waals surface area contributed by atoms with Crippen LogP contribution in [0.25, 0.3) is 0 Å². The van der Waals surface area contributed by atoms with Crippen molar-refractivity contribution in [3.8, 4) is 0 Å². The zero-order chi connectivity index (χ0) is 21.0. The Bertz CT molecular complexity index is 458. The fourth-order valence-corrected chi connectivity index (χ4v) is 2.58. The van der Waals surface area contributed by atoms with Crippen LogP contribution in [-0.2, 0) is 28.5 Å². The molecular weight excluding hydrogens is 382 g/mol. The smallest absolute Gasteiger partial charge is 0.407 e. The van der Waals surface area contributed by atoms with E-state index >= 15 is 0 Å². The molecule has 168 valence electrons. The molecule has 0 aromatic heterocycles. The number of carbonyl (C=O) groups is 2. The number of carbonyl (C=O) groups excluding carboxylic acids is 1. The van der Waals surface area contributed by atoms with Crippen molar-refractivity contribution in [2.75, 3.05) is 59.4 Å². The highest BCUT2D eigenvalue weighted by Crippen LogP contribution is 2.15. The molecule has 0 fully saturated rings. The number of hydrogen-bond donors (Lipinski definition) is 2. The highest BCUT2D eigenvalue weighted by molar-refractivity contribution is 5.67. The minimum atomic E-state index is -0.875. The predicted octanol–water partition coefficient (Wildman–Crippen LogP) is 2.14. The molecule has 0 aromatic rings. The van der Waals surface area contributed by atoms with Gasteiger partial charge in [0.25, 0.3) is 0 Å². The van der Waals surface area contributed by atoms with Gasteiger partial charge in [0, 0.05) is 6.54 Å². The van der Waals surface area contributed by atoms with Gasteiger partial charge in [0.05, 0.1) is 59.3 Å². The van der Waals surface area contributed by atoms with Gasteiger partial charge in [0.1, 0.15) is 6.10 Å². The molecule has 9 heteroatoms. The van der Waals surface area contributed by atoms with Crippen LogP contribution >= 0.6 is 0 Å². The fraction of sp³-hybridized carbons (Fsp3) is 0.800. The molecule has 29 heavy (non-hydrogen) atoms. The summed E-state index contributed by atoms with van der Waals surface area (Å²) in [6.07, 6.45) is 8.77. The van der Waals surface area contributed by atoms with Crippen LogP contribution in [0.4, 0.5) is 4.79 Å². The number of rotatable bonds is 16. The first-order valence-corrected chi connectivity index (χ1v) is 10.3. The number of amides is 1. The number of carboxylic acid groups (broad SMARTS) is 1. The minimum absolute atomic E-state index is 0.00184. The summed E-state index contributed by atoms with van der Waals surface area (Å²) >= 11 is 0. The van der Waals surface area contributed by atoms with E-state index in [1.807, 2.05) is 0 Å². The molecule has 1 aliphatic rings. The van der Waals surface area contributed by atoms with E-state index in [0.29, 0.717) is 52.8 Å². The zero-order valence-electron chi connectivity index (χ0n) is 17.1. The molecule has 2 N–H and O–H groups in total. The molecule has 0 spiro atoms. The van der Waals surface area contributed by atoms with Crippen LogP contribution in [0.2, 0.25) is 0 Å². The fourth-order valence-electron chi connectivity index (χ4n) is 2.58. The molecule has 0 aliphatic heterocycles. The van der Waals surface area contributed by atoms with E-state index in [1.54, 1.807) is 0 Å². The number of hydrogen-bond acceptors (Lipinski definition) is 7. The maximum atomic E-state index is 11.8. The maximum Gasteiger partial charge on any atom is 0.407 e. The Kier molecular flexibility index (Phi) is 16.0. The summed E-state index contributed by atoms with van der Waals surface area (Å²) in [5.41, 5.74) is 0. The summed E-state index contributed by atoms with van der Waals surface area (Å²) in [4.78, 5) is 22.1. The summed E-state index contributed by atoms with van der Waals surface area (Å²) < 4.78 is 26.6. The highest BCUT2D eigenvalue weighted by Gasteiger charge is 2.14. The van der Waals surface area contributed by atoms with Crippen LogP contribution in [0, 0.1) is 0 Å². The average Bonchev–Trinajstić information content (AvgIpc) is 2.66. The topological polar surface area (TPSA) is 113 Å². The van der Waals surface area contributed by atoms with Gasteiger partial charge in [-0.2, -0.15) is 0 Å². The van der Waals surface area contributed by atoms with Gasteiger partial charge in [-0.15, -0.1) is 0 Å². The Labute approximate surface area is 172 Å². The minimum Gasteiger partial charge on any atom is -0.481 e. The summed E-state index contributed by atoms with van der Waals surface area (Å²) in [5.74, 6) is -0.875. The number of ether oxygens (including phenoxy) is 5. The first kappa shape index (κ1) is 25.4. The van der Waals surface area contributed by atoms with E-state index in [4.69, 9.17) is 28.8 Å². The maximum absolute atomic E-state index is 11.8. The van der Waals surface area contributed by atoms with Crippen LogP contribution in [0.1, 0.15) is 38.5 Å². The normalized spacial score (nSPS) is 17.9. The molecule has 0 radical (unpaired) electrons. The molecule has 0 heterocycles. The molecule has 0 aromatic carbocycles. The lowest BCUT2D eigenvalue weighted by Gasteiger charge is -2.18. The summed E-state index contributed by atoms with van der Waals surface area (Å²) in [6, 6.07) is 0. The van der Waals surface area contributed by atoms with Gasteiger partial charge in [-0.25, -0.2) is 4.79 Å². The number of nitrogens with one attached hydrogen (secondary N) is 1. The monoisotopic (exact) mass is 417 g/mol. The second-order valence-corrected chi connectivity index (χ2v) is 6.53. The lowest BCUT2D eigenvalue weighted by atomic mass is 10.0. The third kappa shape index (κ3) is 16.9. The second kappa shape index (κ2) is 18.4. The summed E-state index contributed by atoms with van der Waals surface area (Å²) in [6.45, 7) is 3.51. The van der Waals surface area contributed by atoms with Crippen molar-refractivity contribution in [1.29, 1.82) is 0 Å². The summed E-state index contributed by atoms with van der Waals surface area (Å²) in [7, 11) is 0. The Morgan fingerprint density at radius 3 is 2.07 bits per heavy atom. The molecule has 0 saturated carbocycles. The van der Waals surface area contributed by atoms with E-state index in [2.05, 4.69) is 17.5 Å². The quantitative estimate of drug-likeness (QED) is 0.290. The first-order valence-electron chi connectivity index (χ1n) is 10.3. The van der Waals surface area contributed by atoms with Gasteiger partial charge < -0.3 is 34.1 Å². The van der Waals surface area contributed by atoms with Gasteiger partial charge in [-0.05, 0) is 32.1 Å². The average molecular weight is 417 g/mol. The standard InChI is InChI=1S/C20H35NO8/c22-19(23)8-10-25-12-14-27-16-17-28-15-13-26-11-9-21-20(24)29-18-6-4-2-1-3-5-7-18/h1-2,18H,3-17H2,(H,21,24)(H,22,23)/b2-1+. The first-order chi connectivity index (χ1) is 14.2. The van der Waals surface area contributed by atoms with E-state index < -0.39 is 5.97 Å². The molecular formula is C20H35NO8. The largest absolute Gasteiger partial charge is 0.481 e. The Hall–Kier alpha value is -1.68. The molecule has 1 unspecified atom stereocenters. The lowest BCUT2D eigenvalue weighted by Crippen LogP contribution is -2.31. The van der Waals surface area contributed by atoms with Crippen molar-refractivity contribution in [1.82, 2.24) is 5.32 Å². The Morgan fingerprint density at radius 1 is 0.828 bits per heavy atom. The van der Waals surface area contributed by atoms with Crippen molar-refractivity contribution in [3.63, 3.8) is 0 Å². The predicted molar refractivity (Wildman–Crippen MR) is 106 cm³/mol. The number of allylic oxidation sites excluding steroid dienone is 2. The van der Waals surface area contributed by atoms with Gasteiger partial charge >= 0.3 is 12.1 Å². The number of alkyl carbamates (subject to hydrolysis) is 1. The van der Waals surface area contributed by atoms with E-state index in [0.717, 1.165) is 32.1 Å². The highest BCUT2D eigenvalue weighted by atomic mass is 16.6. The molecule has 1 atom stereocenters. The van der Waals surface area contributed by atoms with Crippen LogP contribution in [0.3, 0.4) is 0 Å².